The molecule has 2 aliphatic heterocycles. The van der Waals surface area contributed by atoms with Gasteiger partial charge in [0.1, 0.15) is 17.5 Å². The topological polar surface area (TPSA) is 109 Å². The number of piperazine rings is 1. The highest BCUT2D eigenvalue weighted by molar-refractivity contribution is 6.04. The van der Waals surface area contributed by atoms with Crippen molar-refractivity contribution in [3.63, 3.8) is 0 Å². The molecule has 0 spiro atoms. The van der Waals surface area contributed by atoms with Crippen LogP contribution in [0.15, 0.2) is 54.7 Å². The molecule has 2 N–H and O–H groups in total. The Morgan fingerprint density at radius 1 is 1.00 bits per heavy atom. The van der Waals surface area contributed by atoms with E-state index in [0.717, 1.165) is 102 Å². The van der Waals surface area contributed by atoms with Crippen LogP contribution in [-0.2, 0) is 11.3 Å². The molecule has 3 heterocycles. The van der Waals surface area contributed by atoms with E-state index in [1.165, 1.54) is 12.0 Å². The quantitative estimate of drug-likeness (QED) is 0.197. The monoisotopic (exact) mass is 711 g/mol. The number of benzene rings is 2. The molecule has 0 radical (unpaired) electrons. The van der Waals surface area contributed by atoms with E-state index in [2.05, 4.69) is 79.5 Å². The number of amides is 2. The smallest absolute Gasteiger partial charge is 0.251 e. The lowest BCUT2D eigenvalue weighted by molar-refractivity contribution is -0.120. The molecule has 0 unspecified atom stereocenters. The Balaban J connectivity index is 0.948. The third-order valence-corrected chi connectivity index (χ3v) is 10.8. The molecular weight excluding hydrogens is 654 g/mol. The first kappa shape index (κ1) is 37.5. The second-order valence-electron chi connectivity index (χ2n) is 14.5. The van der Waals surface area contributed by atoms with E-state index in [1.807, 2.05) is 6.07 Å². The number of fused-ring (bicyclic) bond motifs is 1. The lowest BCUT2D eigenvalue weighted by Crippen LogP contribution is -2.55. The van der Waals surface area contributed by atoms with Crippen molar-refractivity contribution < 1.29 is 14.3 Å². The average Bonchev–Trinajstić information content (AvgIpc) is 3.70. The minimum Gasteiger partial charge on any atom is -0.495 e. The van der Waals surface area contributed by atoms with Gasteiger partial charge < -0.3 is 39.9 Å². The van der Waals surface area contributed by atoms with Crippen LogP contribution in [0.3, 0.4) is 0 Å². The van der Waals surface area contributed by atoms with Gasteiger partial charge in [0.2, 0.25) is 11.9 Å². The zero-order valence-electron chi connectivity index (χ0n) is 31.5. The van der Waals surface area contributed by atoms with Crippen LogP contribution in [0.5, 0.6) is 5.75 Å². The van der Waals surface area contributed by atoms with Gasteiger partial charge in [-0.3, -0.25) is 9.59 Å². The minimum absolute atomic E-state index is 0.0877. The second-order valence-corrected chi connectivity index (χ2v) is 14.5. The maximum atomic E-state index is 13.2. The Kier molecular flexibility index (Phi) is 13.0. The molecule has 1 aliphatic carbocycles. The normalized spacial score (nSPS) is 18.6. The number of rotatable bonds is 16. The van der Waals surface area contributed by atoms with Gasteiger partial charge >= 0.3 is 0 Å². The van der Waals surface area contributed by atoms with E-state index in [-0.39, 0.29) is 17.9 Å². The number of carbonyl (C=O) groups excluding carboxylic acids is 2. The summed E-state index contributed by atoms with van der Waals surface area (Å²) in [6.07, 6.45) is 8.96. The van der Waals surface area contributed by atoms with Crippen molar-refractivity contribution in [2.75, 3.05) is 88.7 Å². The van der Waals surface area contributed by atoms with E-state index < -0.39 is 0 Å². The third kappa shape index (κ3) is 9.20. The summed E-state index contributed by atoms with van der Waals surface area (Å²) in [7, 11) is 5.60. The summed E-state index contributed by atoms with van der Waals surface area (Å²) < 4.78 is 5.69. The highest BCUT2D eigenvalue weighted by Crippen LogP contribution is 2.40. The largest absolute Gasteiger partial charge is 0.495 e. The molecule has 6 rings (SSSR count). The number of nitrogens with zero attached hydrogens (tertiary/aromatic N) is 7. The van der Waals surface area contributed by atoms with Gasteiger partial charge in [0, 0.05) is 57.9 Å². The van der Waals surface area contributed by atoms with Gasteiger partial charge in [-0.1, -0.05) is 50.1 Å². The highest BCUT2D eigenvalue weighted by Gasteiger charge is 2.41. The molecule has 280 valence electrons. The predicted octanol–water partition coefficient (Wildman–Crippen LogP) is 4.99. The molecule has 1 saturated carbocycles. The van der Waals surface area contributed by atoms with Gasteiger partial charge in [0.05, 0.1) is 19.0 Å². The number of ether oxygens (including phenoxy) is 1. The lowest BCUT2D eigenvalue weighted by Gasteiger charge is -2.43. The molecule has 2 amide bonds. The van der Waals surface area contributed by atoms with Crippen molar-refractivity contribution in [1.29, 1.82) is 0 Å². The van der Waals surface area contributed by atoms with E-state index in [9.17, 15) is 9.59 Å². The fourth-order valence-electron chi connectivity index (χ4n) is 7.88. The van der Waals surface area contributed by atoms with Gasteiger partial charge in [-0.15, -0.1) is 0 Å². The number of anilines is 4. The Labute approximate surface area is 309 Å². The van der Waals surface area contributed by atoms with Crippen LogP contribution in [-0.4, -0.2) is 122 Å². The van der Waals surface area contributed by atoms with Crippen LogP contribution in [0.1, 0.15) is 67.8 Å². The van der Waals surface area contributed by atoms with Crippen molar-refractivity contribution in [1.82, 2.24) is 30.0 Å². The summed E-state index contributed by atoms with van der Waals surface area (Å²) >= 11 is 0. The maximum absolute atomic E-state index is 13.2. The minimum atomic E-state index is -0.237. The molecule has 0 bridgehead atoms. The van der Waals surface area contributed by atoms with Crippen molar-refractivity contribution in [3.05, 3.63) is 65.9 Å². The van der Waals surface area contributed by atoms with Crippen molar-refractivity contribution in [3.8, 4) is 5.75 Å². The van der Waals surface area contributed by atoms with E-state index in [4.69, 9.17) is 9.72 Å². The Morgan fingerprint density at radius 3 is 2.40 bits per heavy atom. The SMILES string of the molecule is CC[C@@H]1C(=O)N(C)c2cnc(Nc3ccc(C(=O)NCCCN4CCN(CCCN(C)Cc5ccccc5)CC4)cc3OC)nc2N1C1CCCC1. The third-order valence-electron chi connectivity index (χ3n) is 10.8. The van der Waals surface area contributed by atoms with E-state index >= 15 is 0 Å². The number of likely N-dealkylation sites (N-methyl/N-ethyl adjacent to an activating group) is 1. The molecule has 1 aromatic heterocycles. The maximum Gasteiger partial charge on any atom is 0.251 e. The Hall–Kier alpha value is -4.26. The number of hydrogen-bond acceptors (Lipinski definition) is 10. The summed E-state index contributed by atoms with van der Waals surface area (Å²) in [6, 6.07) is 16.1. The molecule has 12 heteroatoms. The summed E-state index contributed by atoms with van der Waals surface area (Å²) in [5, 5.41) is 6.39. The Morgan fingerprint density at radius 2 is 1.71 bits per heavy atom. The van der Waals surface area contributed by atoms with Crippen LogP contribution in [0.25, 0.3) is 0 Å². The predicted molar refractivity (Wildman–Crippen MR) is 208 cm³/mol. The molecule has 1 atom stereocenters. The first-order chi connectivity index (χ1) is 25.3. The molecule has 2 aromatic carbocycles. The molecule has 52 heavy (non-hydrogen) atoms. The fraction of sp³-hybridized carbons (Fsp3) is 0.550. The lowest BCUT2D eigenvalue weighted by atomic mass is 10.0. The summed E-state index contributed by atoms with van der Waals surface area (Å²) in [6.45, 7) is 11.2. The van der Waals surface area contributed by atoms with Crippen molar-refractivity contribution in [2.45, 2.75) is 70.5 Å². The standard InChI is InChI=1S/C40H57N9O3/c1-5-34-39(51)46(3)35-28-42-40(44-37(35)49(34)32-15-9-10-16-32)43-33-18-17-31(27-36(33)52-4)38(50)41-19-11-21-47-23-25-48(26-24-47)22-12-20-45(2)29-30-13-7-6-8-14-30/h6-8,13-14,17-18,27-28,32,34H,5,9-12,15-16,19-26,29H2,1-4H3,(H,41,50)(H,42,43,44)/t34-/m1/s1. The molecular formula is C40H57N9O3. The molecule has 2 fully saturated rings. The Bertz CT molecular complexity index is 1630. The fourth-order valence-corrected chi connectivity index (χ4v) is 7.88. The summed E-state index contributed by atoms with van der Waals surface area (Å²) in [4.78, 5) is 47.2. The number of aromatic nitrogens is 2. The molecule has 12 nitrogen and oxygen atoms in total. The van der Waals surface area contributed by atoms with Gasteiger partial charge in [-0.2, -0.15) is 4.98 Å². The van der Waals surface area contributed by atoms with Gasteiger partial charge in [-0.25, -0.2) is 4.98 Å². The average molecular weight is 712 g/mol. The van der Waals surface area contributed by atoms with Crippen molar-refractivity contribution >= 4 is 35.0 Å². The van der Waals surface area contributed by atoms with Crippen LogP contribution >= 0.6 is 0 Å². The number of hydrogen-bond donors (Lipinski definition) is 2. The van der Waals surface area contributed by atoms with Crippen LogP contribution in [0, 0.1) is 0 Å². The van der Waals surface area contributed by atoms with E-state index in [0.29, 0.717) is 35.5 Å². The first-order valence-corrected chi connectivity index (χ1v) is 19.2. The van der Waals surface area contributed by atoms with Crippen LogP contribution in [0.2, 0.25) is 0 Å². The van der Waals surface area contributed by atoms with Gasteiger partial charge in [-0.05, 0) is 82.5 Å². The molecule has 3 aromatic rings. The van der Waals surface area contributed by atoms with Crippen LogP contribution in [0.4, 0.5) is 23.1 Å². The highest BCUT2D eigenvalue weighted by atomic mass is 16.5. The number of carbonyl (C=O) groups is 2. The summed E-state index contributed by atoms with van der Waals surface area (Å²) in [5.74, 6) is 1.70. The van der Waals surface area contributed by atoms with Gasteiger partial charge in [0.25, 0.3) is 5.91 Å². The van der Waals surface area contributed by atoms with Gasteiger partial charge in [0.15, 0.2) is 5.82 Å². The zero-order valence-corrected chi connectivity index (χ0v) is 31.5. The number of nitrogens with one attached hydrogen (secondary N) is 2. The first-order valence-electron chi connectivity index (χ1n) is 19.2. The number of methoxy groups -OCH3 is 1. The second kappa shape index (κ2) is 18.0. The van der Waals surface area contributed by atoms with Crippen molar-refractivity contribution in [2.24, 2.45) is 0 Å². The zero-order chi connectivity index (χ0) is 36.5. The summed E-state index contributed by atoms with van der Waals surface area (Å²) in [5.41, 5.74) is 3.29. The molecule has 1 saturated heterocycles. The van der Waals surface area contributed by atoms with Crippen LogP contribution < -0.4 is 25.2 Å². The molecule has 3 aliphatic rings. The van der Waals surface area contributed by atoms with E-state index in [1.54, 1.807) is 37.4 Å².